The van der Waals surface area contributed by atoms with E-state index in [0.29, 0.717) is 35.2 Å². The van der Waals surface area contributed by atoms with E-state index in [1.54, 1.807) is 0 Å². The molecule has 7 nitrogen and oxygen atoms in total. The van der Waals surface area contributed by atoms with Gasteiger partial charge in [0, 0.05) is 25.1 Å². The average Bonchev–Trinajstić information content (AvgIpc) is 3.37. The normalized spacial score (nSPS) is 11.2. The van der Waals surface area contributed by atoms with Gasteiger partial charge in [0.1, 0.15) is 0 Å². The molecule has 0 unspecified atom stereocenters. The van der Waals surface area contributed by atoms with Crippen molar-refractivity contribution in [3.63, 3.8) is 0 Å². The molecule has 0 N–H and O–H groups in total. The minimum Gasteiger partial charge on any atom is -0.246 e. The maximum Gasteiger partial charge on any atom is 0.241 e. The molecule has 9 aromatic carbocycles. The van der Waals surface area contributed by atoms with Crippen LogP contribution in [0.2, 0.25) is 0 Å². The summed E-state index contributed by atoms with van der Waals surface area (Å²) < 4.78 is 0. The summed E-state index contributed by atoms with van der Waals surface area (Å²) in [4.78, 5) is 32.7. The van der Waals surface area contributed by atoms with Gasteiger partial charge in [0.2, 0.25) is 11.9 Å². The Morgan fingerprint density at radius 1 is 0.238 bits per heavy atom. The van der Waals surface area contributed by atoms with Gasteiger partial charge in [0.15, 0.2) is 23.3 Å². The molecule has 0 amide bonds. The fourth-order valence-electron chi connectivity index (χ4n) is 8.25. The highest BCUT2D eigenvalue weighted by Crippen LogP contribution is 2.44. The first kappa shape index (κ1) is 37.3. The zero-order chi connectivity index (χ0) is 42.0. The molecule has 7 heteroatoms. The van der Waals surface area contributed by atoms with Gasteiger partial charge in [-0.15, -0.1) is 0 Å². The predicted molar refractivity (Wildman–Crippen MR) is 260 cm³/mol. The molecule has 0 radical (unpaired) electrons. The fraction of sp³-hybridized carbons (Fsp3) is 0. The Kier molecular flexibility index (Phi) is 9.72. The molecule has 0 atom stereocenters. The van der Waals surface area contributed by atoms with Gasteiger partial charge in [0.25, 0.3) is 0 Å². The maximum atomic E-state index is 5.19. The first-order valence-electron chi connectivity index (χ1n) is 20.9. The van der Waals surface area contributed by atoms with Crippen molar-refractivity contribution in [1.82, 2.24) is 29.9 Å². The smallest absolute Gasteiger partial charge is 0.241 e. The third kappa shape index (κ3) is 7.23. The van der Waals surface area contributed by atoms with Crippen molar-refractivity contribution in [2.45, 2.75) is 0 Å². The van der Waals surface area contributed by atoms with Crippen molar-refractivity contribution in [2.24, 2.45) is 0 Å². The van der Waals surface area contributed by atoms with Crippen LogP contribution in [0.15, 0.2) is 224 Å². The fourth-order valence-corrected chi connectivity index (χ4v) is 8.25. The van der Waals surface area contributed by atoms with E-state index in [4.69, 9.17) is 29.9 Å². The van der Waals surface area contributed by atoms with Crippen molar-refractivity contribution >= 4 is 39.1 Å². The molecule has 11 rings (SSSR count). The second-order valence-electron chi connectivity index (χ2n) is 15.1. The number of hydrogen-bond acceptors (Lipinski definition) is 7. The molecule has 2 heterocycles. The van der Waals surface area contributed by atoms with Crippen molar-refractivity contribution in [3.05, 3.63) is 224 Å². The number of fused-ring (bicyclic) bond motifs is 2. The number of benzene rings is 9. The second-order valence-corrected chi connectivity index (χ2v) is 15.1. The second kappa shape index (κ2) is 16.4. The lowest BCUT2D eigenvalue weighted by molar-refractivity contribution is 0.964. The van der Waals surface area contributed by atoms with Crippen LogP contribution in [-0.4, -0.2) is 29.9 Å². The first-order chi connectivity index (χ1) is 31.2. The Labute approximate surface area is 367 Å². The SMILES string of the molecule is [HH].[HH].c1ccc(-c2nc(-c3ccccc3)nc(N(c3ccc(-c4c5ccccc5c(-c5ccccc5)c5ccccc45)cc3)c3nc(-c4ccccc4)nc(-c4ccccc4)n3)n2)cc1. The third-order valence-corrected chi connectivity index (χ3v) is 11.2. The number of hydrogen-bond donors (Lipinski definition) is 0. The monoisotopic (exact) mass is 811 g/mol. The molecule has 2 aromatic heterocycles. The van der Waals surface area contributed by atoms with Crippen LogP contribution in [-0.2, 0) is 0 Å². The Morgan fingerprint density at radius 3 is 0.794 bits per heavy atom. The average molecular weight is 812 g/mol. The molecule has 0 aliphatic heterocycles. The van der Waals surface area contributed by atoms with Crippen molar-refractivity contribution in [1.29, 1.82) is 0 Å². The number of anilines is 3. The Hall–Kier alpha value is -8.68. The van der Waals surface area contributed by atoms with Crippen LogP contribution < -0.4 is 4.90 Å². The summed E-state index contributed by atoms with van der Waals surface area (Å²) in [5.41, 5.74) is 8.85. The number of rotatable bonds is 9. The minimum atomic E-state index is 0. The van der Waals surface area contributed by atoms with Crippen LogP contribution in [0, 0.1) is 0 Å². The first-order valence-corrected chi connectivity index (χ1v) is 20.9. The number of nitrogens with zero attached hydrogens (tertiary/aromatic N) is 7. The van der Waals surface area contributed by atoms with Crippen LogP contribution in [0.3, 0.4) is 0 Å². The molecule has 0 saturated heterocycles. The van der Waals surface area contributed by atoms with Crippen LogP contribution in [0.5, 0.6) is 0 Å². The molecular formula is C56H41N7. The van der Waals surface area contributed by atoms with E-state index >= 15 is 0 Å². The van der Waals surface area contributed by atoms with E-state index in [1.165, 1.54) is 32.7 Å². The summed E-state index contributed by atoms with van der Waals surface area (Å²) in [6, 6.07) is 76.5. The Balaban J connectivity index is 0.00000266. The van der Waals surface area contributed by atoms with Crippen LogP contribution >= 0.6 is 0 Å². The zero-order valence-electron chi connectivity index (χ0n) is 34.0. The maximum absolute atomic E-state index is 5.19. The summed E-state index contributed by atoms with van der Waals surface area (Å²) >= 11 is 0. The standard InChI is InChI=1S/C56H37N7.2H2/c1-6-20-38(21-7-1)49-45-30-16-18-32-47(45)50(48-33-19-17-31-46(48)49)39-34-36-44(37-35-39)63(55-59-51(40-22-8-2-9-23-40)57-52(60-55)41-24-10-3-11-25-41)56-61-53(42-26-12-4-13-27-42)58-54(62-56)43-28-14-5-15-29-43;;/h1-37H;2*1H. The molecule has 0 saturated carbocycles. The molecular weight excluding hydrogens is 771 g/mol. The summed E-state index contributed by atoms with van der Waals surface area (Å²) in [5, 5.41) is 4.74. The quantitative estimate of drug-likeness (QED) is 0.134. The van der Waals surface area contributed by atoms with E-state index in [1.807, 2.05) is 126 Å². The van der Waals surface area contributed by atoms with Gasteiger partial charge in [-0.25, -0.2) is 14.9 Å². The molecule has 300 valence electrons. The lowest BCUT2D eigenvalue weighted by Crippen LogP contribution is -2.19. The molecule has 0 fully saturated rings. The summed E-state index contributed by atoms with van der Waals surface area (Å²) in [7, 11) is 0. The minimum absolute atomic E-state index is 0. The molecule has 11 aromatic rings. The molecule has 0 aliphatic carbocycles. The highest BCUT2D eigenvalue weighted by molar-refractivity contribution is 6.21. The van der Waals surface area contributed by atoms with Gasteiger partial charge < -0.3 is 0 Å². The van der Waals surface area contributed by atoms with Crippen LogP contribution in [0.1, 0.15) is 2.85 Å². The zero-order valence-corrected chi connectivity index (χ0v) is 34.0. The molecule has 0 spiro atoms. The van der Waals surface area contributed by atoms with Crippen LogP contribution in [0.25, 0.3) is 89.4 Å². The van der Waals surface area contributed by atoms with E-state index in [0.717, 1.165) is 39.1 Å². The Morgan fingerprint density at radius 2 is 0.492 bits per heavy atom. The lowest BCUT2D eigenvalue weighted by atomic mass is 9.86. The van der Waals surface area contributed by atoms with Gasteiger partial charge >= 0.3 is 0 Å². The van der Waals surface area contributed by atoms with Crippen molar-refractivity contribution < 1.29 is 2.85 Å². The van der Waals surface area contributed by atoms with E-state index in [-0.39, 0.29) is 2.85 Å². The predicted octanol–water partition coefficient (Wildman–Crippen LogP) is 14.3. The molecule has 0 aliphatic rings. The van der Waals surface area contributed by atoms with Crippen LogP contribution in [0.4, 0.5) is 17.6 Å². The van der Waals surface area contributed by atoms with Gasteiger partial charge in [-0.1, -0.05) is 212 Å². The Bertz CT molecular complexity index is 3080. The van der Waals surface area contributed by atoms with Gasteiger partial charge in [-0.2, -0.15) is 19.9 Å². The highest BCUT2D eigenvalue weighted by atomic mass is 15.4. The van der Waals surface area contributed by atoms with Gasteiger partial charge in [-0.05, 0) is 55.9 Å². The molecule has 0 bridgehead atoms. The van der Waals surface area contributed by atoms with Crippen molar-refractivity contribution in [2.75, 3.05) is 4.90 Å². The summed E-state index contributed by atoms with van der Waals surface area (Å²) in [6.07, 6.45) is 0. The largest absolute Gasteiger partial charge is 0.246 e. The highest BCUT2D eigenvalue weighted by Gasteiger charge is 2.25. The van der Waals surface area contributed by atoms with E-state index in [9.17, 15) is 0 Å². The summed E-state index contributed by atoms with van der Waals surface area (Å²) in [5.74, 6) is 2.83. The molecule has 63 heavy (non-hydrogen) atoms. The number of aromatic nitrogens is 6. The van der Waals surface area contributed by atoms with Gasteiger partial charge in [0.05, 0.1) is 5.69 Å². The topological polar surface area (TPSA) is 80.6 Å². The third-order valence-electron chi connectivity index (χ3n) is 11.2. The van der Waals surface area contributed by atoms with E-state index < -0.39 is 0 Å². The van der Waals surface area contributed by atoms with Crippen molar-refractivity contribution in [3.8, 4) is 67.8 Å². The van der Waals surface area contributed by atoms with Gasteiger partial charge in [-0.3, -0.25) is 0 Å². The lowest BCUT2D eigenvalue weighted by Gasteiger charge is -2.23. The summed E-state index contributed by atoms with van der Waals surface area (Å²) in [6.45, 7) is 0. The van der Waals surface area contributed by atoms with E-state index in [2.05, 4.69) is 103 Å².